The molecule has 0 unspecified atom stereocenters. The molecule has 1 heterocycles. The number of anilines is 2. The van der Waals surface area contributed by atoms with E-state index in [1.165, 1.54) is 45.8 Å². The van der Waals surface area contributed by atoms with Crippen molar-refractivity contribution in [1.82, 2.24) is 9.97 Å². The number of urea groups is 1. The number of benzene rings is 2. The molecule has 14 heteroatoms. The lowest BCUT2D eigenvalue weighted by atomic mass is 10.0. The minimum atomic E-state index is -1.07. The van der Waals surface area contributed by atoms with Crippen LogP contribution in [0.5, 0.6) is 11.5 Å². The summed E-state index contributed by atoms with van der Waals surface area (Å²) in [4.78, 5) is 48.6. The lowest BCUT2D eigenvalue weighted by Crippen LogP contribution is -2.47. The van der Waals surface area contributed by atoms with Gasteiger partial charge in [-0.2, -0.15) is 4.90 Å². The zero-order valence-electron chi connectivity index (χ0n) is 23.5. The van der Waals surface area contributed by atoms with Crippen molar-refractivity contribution in [3.8, 4) is 11.5 Å². The van der Waals surface area contributed by atoms with Gasteiger partial charge in [0.1, 0.15) is 45.0 Å². The molecule has 0 saturated carbocycles. The quantitative estimate of drug-likeness (QED) is 0.215. The number of carbonyl (C=O) groups excluding carboxylic acids is 2. The van der Waals surface area contributed by atoms with Crippen LogP contribution in [-0.2, 0) is 11.2 Å². The number of amides is 3. The summed E-state index contributed by atoms with van der Waals surface area (Å²) in [5.74, 6) is 0.275. The Morgan fingerprint density at radius 2 is 1.63 bits per heavy atom. The number of aromatic nitrogens is 2. The first-order valence-corrected chi connectivity index (χ1v) is 12.9. The summed E-state index contributed by atoms with van der Waals surface area (Å²) >= 11 is 13.1. The molecule has 2 aromatic carbocycles. The van der Waals surface area contributed by atoms with Crippen LogP contribution < -0.4 is 19.3 Å². The van der Waals surface area contributed by atoms with E-state index in [0.29, 0.717) is 16.2 Å². The molecular formula is C27H29Cl2N5O7. The zero-order chi connectivity index (χ0) is 30.6. The molecule has 3 amide bonds. The summed E-state index contributed by atoms with van der Waals surface area (Å²) in [5.41, 5.74) is 0.298. The number of nitro benzene ring substituents is 1. The van der Waals surface area contributed by atoms with Gasteiger partial charge in [0, 0.05) is 37.2 Å². The van der Waals surface area contributed by atoms with Crippen LogP contribution in [-0.4, -0.2) is 53.9 Å². The molecule has 12 nitrogen and oxygen atoms in total. The summed E-state index contributed by atoms with van der Waals surface area (Å²) in [6, 6.07) is 6.84. The van der Waals surface area contributed by atoms with Crippen molar-refractivity contribution < 1.29 is 28.7 Å². The summed E-state index contributed by atoms with van der Waals surface area (Å²) < 4.78 is 16.1. The van der Waals surface area contributed by atoms with Gasteiger partial charge in [0.2, 0.25) is 0 Å². The monoisotopic (exact) mass is 605 g/mol. The van der Waals surface area contributed by atoms with Gasteiger partial charge in [-0.05, 0) is 33.3 Å². The average Bonchev–Trinajstić information content (AvgIpc) is 2.90. The molecule has 0 aliphatic rings. The fourth-order valence-electron chi connectivity index (χ4n) is 3.74. The van der Waals surface area contributed by atoms with E-state index in [1.54, 1.807) is 39.8 Å². The van der Waals surface area contributed by atoms with E-state index in [1.807, 2.05) is 0 Å². The number of carbonyl (C=O) groups is 2. The summed E-state index contributed by atoms with van der Waals surface area (Å²) in [5, 5.41) is 11.3. The number of nitrogens with zero attached hydrogens (tertiary/aromatic N) is 5. The summed E-state index contributed by atoms with van der Waals surface area (Å²) in [7, 11) is 4.08. The fourth-order valence-corrected chi connectivity index (χ4v) is 4.41. The first-order valence-electron chi connectivity index (χ1n) is 12.1. The Morgan fingerprint density at radius 3 is 2.17 bits per heavy atom. The van der Waals surface area contributed by atoms with Gasteiger partial charge in [-0.1, -0.05) is 35.3 Å². The molecular weight excluding hydrogens is 577 g/mol. The van der Waals surface area contributed by atoms with E-state index in [-0.39, 0.29) is 45.2 Å². The van der Waals surface area contributed by atoms with E-state index in [0.717, 1.165) is 10.5 Å². The second-order valence-corrected chi connectivity index (χ2v) is 10.6. The average molecular weight is 606 g/mol. The maximum atomic E-state index is 13.9. The molecule has 0 N–H and O–H groups in total. The van der Waals surface area contributed by atoms with Crippen molar-refractivity contribution in [3.05, 3.63) is 73.6 Å². The van der Waals surface area contributed by atoms with E-state index >= 15 is 0 Å². The SMILES string of the molecule is COc1cc(OC)c(Cl)c(N(C(=O)OC(C)(C)C)C(=O)N(C)c2cc(Cc3ccc(C)cc3[N+](=O)[O-])ncn2)c1Cl. The Kier molecular flexibility index (Phi) is 9.61. The second kappa shape index (κ2) is 12.6. The van der Waals surface area contributed by atoms with Gasteiger partial charge in [0.15, 0.2) is 0 Å². The molecule has 1 aromatic heterocycles. The summed E-state index contributed by atoms with van der Waals surface area (Å²) in [6.45, 7) is 6.65. The maximum Gasteiger partial charge on any atom is 0.423 e. The number of hydrogen-bond acceptors (Lipinski definition) is 9. The third kappa shape index (κ3) is 7.14. The number of methoxy groups -OCH3 is 2. The van der Waals surface area contributed by atoms with E-state index < -0.39 is 22.6 Å². The smallest absolute Gasteiger partial charge is 0.423 e. The maximum absolute atomic E-state index is 13.9. The highest BCUT2D eigenvalue weighted by Gasteiger charge is 2.37. The van der Waals surface area contributed by atoms with Crippen molar-refractivity contribution in [1.29, 1.82) is 0 Å². The minimum Gasteiger partial charge on any atom is -0.495 e. The zero-order valence-corrected chi connectivity index (χ0v) is 25.0. The normalized spacial score (nSPS) is 11.0. The highest BCUT2D eigenvalue weighted by atomic mass is 35.5. The van der Waals surface area contributed by atoms with Crippen molar-refractivity contribution in [2.75, 3.05) is 31.1 Å². The van der Waals surface area contributed by atoms with Gasteiger partial charge in [-0.3, -0.25) is 15.0 Å². The third-order valence-electron chi connectivity index (χ3n) is 5.69. The van der Waals surface area contributed by atoms with Gasteiger partial charge in [0.05, 0.1) is 24.8 Å². The Balaban J connectivity index is 2.08. The molecule has 3 rings (SSSR count). The van der Waals surface area contributed by atoms with Crippen LogP contribution in [0.25, 0.3) is 0 Å². The second-order valence-electron chi connectivity index (χ2n) is 9.85. The molecule has 41 heavy (non-hydrogen) atoms. The largest absolute Gasteiger partial charge is 0.495 e. The molecule has 218 valence electrons. The highest BCUT2D eigenvalue weighted by molar-refractivity contribution is 6.43. The van der Waals surface area contributed by atoms with Gasteiger partial charge >= 0.3 is 12.1 Å². The van der Waals surface area contributed by atoms with E-state index in [9.17, 15) is 19.7 Å². The number of aryl methyl sites for hydroxylation is 1. The number of imide groups is 1. The molecule has 0 saturated heterocycles. The molecule has 0 radical (unpaired) electrons. The van der Waals surface area contributed by atoms with Crippen LogP contribution >= 0.6 is 23.2 Å². The van der Waals surface area contributed by atoms with Crippen molar-refractivity contribution in [3.63, 3.8) is 0 Å². The Labute approximate surface area is 246 Å². The lowest BCUT2D eigenvalue weighted by Gasteiger charge is -2.30. The first-order chi connectivity index (χ1) is 19.2. The van der Waals surface area contributed by atoms with E-state index in [2.05, 4.69) is 9.97 Å². The van der Waals surface area contributed by atoms with Crippen LogP contribution in [0.2, 0.25) is 10.0 Å². The standard InChI is InChI=1S/C27H29Cl2N5O7/c1-15-8-9-16(18(10-15)34(37)38)11-17-12-21(31-14-30-17)32(5)25(35)33(26(36)41-27(2,3)4)24-22(28)19(39-6)13-20(40-7)23(24)29/h8-10,12-14H,11H2,1-7H3. The van der Waals surface area contributed by atoms with Crippen molar-refractivity contribution in [2.24, 2.45) is 0 Å². The minimum absolute atomic E-state index is 0.0537. The van der Waals surface area contributed by atoms with Crippen LogP contribution in [0.15, 0.2) is 36.7 Å². The van der Waals surface area contributed by atoms with Crippen LogP contribution in [0.3, 0.4) is 0 Å². The van der Waals surface area contributed by atoms with E-state index in [4.69, 9.17) is 37.4 Å². The Morgan fingerprint density at radius 1 is 1.02 bits per heavy atom. The fraction of sp³-hybridized carbons (Fsp3) is 0.333. The van der Waals surface area contributed by atoms with Gasteiger partial charge in [0.25, 0.3) is 5.69 Å². The predicted octanol–water partition coefficient (Wildman–Crippen LogP) is 6.61. The molecule has 0 fully saturated rings. The van der Waals surface area contributed by atoms with Crippen LogP contribution in [0, 0.1) is 17.0 Å². The number of ether oxygens (including phenoxy) is 3. The van der Waals surface area contributed by atoms with Gasteiger partial charge in [-0.15, -0.1) is 0 Å². The Hall–Kier alpha value is -4.16. The number of rotatable bonds is 7. The number of hydrogen-bond donors (Lipinski definition) is 0. The molecule has 0 spiro atoms. The van der Waals surface area contributed by atoms with Gasteiger partial charge in [-0.25, -0.2) is 19.6 Å². The lowest BCUT2D eigenvalue weighted by molar-refractivity contribution is -0.385. The Bertz CT molecular complexity index is 1470. The molecule has 3 aromatic rings. The van der Waals surface area contributed by atoms with Crippen molar-refractivity contribution in [2.45, 2.75) is 39.7 Å². The van der Waals surface area contributed by atoms with Crippen LogP contribution in [0.1, 0.15) is 37.6 Å². The highest BCUT2D eigenvalue weighted by Crippen LogP contribution is 2.46. The van der Waals surface area contributed by atoms with Crippen LogP contribution in [0.4, 0.5) is 26.8 Å². The first kappa shape index (κ1) is 31.4. The molecule has 0 bridgehead atoms. The van der Waals surface area contributed by atoms with Gasteiger partial charge < -0.3 is 14.2 Å². The molecule has 0 aliphatic heterocycles. The number of halogens is 2. The topological polar surface area (TPSA) is 137 Å². The summed E-state index contributed by atoms with van der Waals surface area (Å²) in [6.07, 6.45) is 0.230. The molecule has 0 aliphatic carbocycles. The predicted molar refractivity (Wildman–Crippen MR) is 155 cm³/mol. The van der Waals surface area contributed by atoms with Crippen molar-refractivity contribution >= 4 is 52.5 Å². The number of nitro groups is 1. The third-order valence-corrected chi connectivity index (χ3v) is 6.42. The molecule has 0 atom stereocenters.